The zero-order valence-electron chi connectivity index (χ0n) is 16.1. The molecule has 2 aromatic heterocycles. The lowest BCUT2D eigenvalue weighted by molar-refractivity contribution is 0.0696. The van der Waals surface area contributed by atoms with E-state index in [0.717, 1.165) is 5.56 Å². The van der Waals surface area contributed by atoms with Gasteiger partial charge in [-0.15, -0.1) is 10.2 Å². The summed E-state index contributed by atoms with van der Waals surface area (Å²) < 4.78 is 11.4. The van der Waals surface area contributed by atoms with Crippen molar-refractivity contribution in [3.05, 3.63) is 71.6 Å². The summed E-state index contributed by atoms with van der Waals surface area (Å²) in [7, 11) is 0. The fraction of sp³-hybridized carbons (Fsp3) is 0.333. The smallest absolute Gasteiger partial charge is 0.254 e. The molecule has 0 spiro atoms. The maximum absolute atomic E-state index is 13.1. The molecule has 2 atom stereocenters. The zero-order chi connectivity index (χ0) is 20.2. The van der Waals surface area contributed by atoms with Gasteiger partial charge in [-0.25, -0.2) is 4.98 Å². The van der Waals surface area contributed by atoms with Crippen LogP contribution in [-0.4, -0.2) is 43.7 Å². The van der Waals surface area contributed by atoms with Gasteiger partial charge in [-0.3, -0.25) is 4.79 Å². The molecule has 8 nitrogen and oxygen atoms in total. The number of benzene rings is 1. The molecular formula is C21H22N4O4. The van der Waals surface area contributed by atoms with E-state index in [2.05, 4.69) is 15.2 Å². The van der Waals surface area contributed by atoms with Gasteiger partial charge in [-0.05, 0) is 11.6 Å². The van der Waals surface area contributed by atoms with Crippen molar-refractivity contribution in [2.45, 2.75) is 38.5 Å². The van der Waals surface area contributed by atoms with Crippen LogP contribution in [0.3, 0.4) is 0 Å². The van der Waals surface area contributed by atoms with Crippen molar-refractivity contribution in [1.82, 2.24) is 20.1 Å². The van der Waals surface area contributed by atoms with Gasteiger partial charge >= 0.3 is 0 Å². The molecule has 0 unspecified atom stereocenters. The third-order valence-corrected chi connectivity index (χ3v) is 4.82. The summed E-state index contributed by atoms with van der Waals surface area (Å²) in [4.78, 5) is 18.9. The van der Waals surface area contributed by atoms with Gasteiger partial charge in [0.05, 0.1) is 6.10 Å². The molecule has 1 aliphatic rings. The van der Waals surface area contributed by atoms with Crippen molar-refractivity contribution in [1.29, 1.82) is 0 Å². The quantitative estimate of drug-likeness (QED) is 0.685. The van der Waals surface area contributed by atoms with Crippen LogP contribution in [0.1, 0.15) is 47.1 Å². The van der Waals surface area contributed by atoms with E-state index in [1.165, 1.54) is 6.20 Å². The maximum Gasteiger partial charge on any atom is 0.254 e. The molecule has 1 N–H and O–H groups in total. The SMILES string of the molecule is CCc1nnc([C@H]2C[C@@H](O)CN2C(=O)c2ccnc(OCc3ccccc3)c2)o1. The van der Waals surface area contributed by atoms with Crippen molar-refractivity contribution in [3.8, 4) is 5.88 Å². The summed E-state index contributed by atoms with van der Waals surface area (Å²) in [6.45, 7) is 2.48. The number of β-amino-alcohol motifs (C(OH)–C–C–N with tert-alkyl or cyclic N) is 1. The van der Waals surface area contributed by atoms with E-state index in [1.807, 2.05) is 37.3 Å². The Hall–Kier alpha value is -3.26. The summed E-state index contributed by atoms with van der Waals surface area (Å²) in [6, 6.07) is 12.5. The number of hydrogen-bond donors (Lipinski definition) is 1. The predicted molar refractivity (Wildman–Crippen MR) is 103 cm³/mol. The molecule has 1 amide bonds. The van der Waals surface area contributed by atoms with Gasteiger partial charge in [0, 0.05) is 37.2 Å². The van der Waals surface area contributed by atoms with Crippen molar-refractivity contribution < 1.29 is 19.1 Å². The van der Waals surface area contributed by atoms with Crippen LogP contribution in [0.15, 0.2) is 53.1 Å². The summed E-state index contributed by atoms with van der Waals surface area (Å²) in [5, 5.41) is 18.2. The highest BCUT2D eigenvalue weighted by atomic mass is 16.5. The Bertz CT molecular complexity index is 976. The Labute approximate surface area is 168 Å². The number of amides is 1. The summed E-state index contributed by atoms with van der Waals surface area (Å²) in [6.07, 6.45) is 1.87. The zero-order valence-corrected chi connectivity index (χ0v) is 16.1. The van der Waals surface area contributed by atoms with Gasteiger partial charge in [0.2, 0.25) is 17.7 Å². The lowest BCUT2D eigenvalue weighted by Gasteiger charge is -2.22. The first kappa shape index (κ1) is 19.1. The number of carbonyl (C=O) groups is 1. The summed E-state index contributed by atoms with van der Waals surface area (Å²) in [5.41, 5.74) is 1.44. The molecule has 8 heteroatoms. The normalized spacial score (nSPS) is 18.8. The number of nitrogens with zero attached hydrogens (tertiary/aromatic N) is 4. The molecule has 0 saturated carbocycles. The summed E-state index contributed by atoms with van der Waals surface area (Å²) in [5.74, 6) is 0.979. The molecule has 0 aliphatic carbocycles. The number of rotatable bonds is 6. The Balaban J connectivity index is 1.50. The van der Waals surface area contributed by atoms with E-state index in [-0.39, 0.29) is 12.5 Å². The van der Waals surface area contributed by atoms with E-state index in [1.54, 1.807) is 17.0 Å². The van der Waals surface area contributed by atoms with Crippen LogP contribution in [0.4, 0.5) is 0 Å². The van der Waals surface area contributed by atoms with Crippen molar-refractivity contribution in [2.24, 2.45) is 0 Å². The minimum Gasteiger partial charge on any atom is -0.473 e. The molecule has 1 aromatic carbocycles. The summed E-state index contributed by atoms with van der Waals surface area (Å²) >= 11 is 0. The molecule has 3 aromatic rings. The number of carbonyl (C=O) groups excluding carboxylic acids is 1. The molecule has 29 heavy (non-hydrogen) atoms. The average molecular weight is 394 g/mol. The van der Waals surface area contributed by atoms with Crippen LogP contribution >= 0.6 is 0 Å². The van der Waals surface area contributed by atoms with Crippen LogP contribution in [0.25, 0.3) is 0 Å². The van der Waals surface area contributed by atoms with Gasteiger partial charge < -0.3 is 19.2 Å². The highest BCUT2D eigenvalue weighted by Gasteiger charge is 2.39. The van der Waals surface area contributed by atoms with E-state index < -0.39 is 12.1 Å². The third-order valence-electron chi connectivity index (χ3n) is 4.82. The second kappa shape index (κ2) is 8.40. The largest absolute Gasteiger partial charge is 0.473 e. The van der Waals surface area contributed by atoms with Gasteiger partial charge in [0.25, 0.3) is 5.91 Å². The van der Waals surface area contributed by atoms with Gasteiger partial charge in [0.1, 0.15) is 12.6 Å². The predicted octanol–water partition coefficient (Wildman–Crippen LogP) is 2.55. The Morgan fingerprint density at radius 3 is 2.86 bits per heavy atom. The fourth-order valence-electron chi connectivity index (χ4n) is 3.34. The molecule has 4 rings (SSSR count). The van der Waals surface area contributed by atoms with E-state index in [0.29, 0.717) is 42.7 Å². The Morgan fingerprint density at radius 1 is 1.28 bits per heavy atom. The molecular weight excluding hydrogens is 372 g/mol. The minimum atomic E-state index is -0.642. The number of aliphatic hydroxyl groups excluding tert-OH is 1. The molecule has 1 aliphatic heterocycles. The van der Waals surface area contributed by atoms with Crippen LogP contribution in [0.2, 0.25) is 0 Å². The molecule has 0 radical (unpaired) electrons. The topological polar surface area (TPSA) is 102 Å². The van der Waals surface area contributed by atoms with Gasteiger partial charge in [-0.2, -0.15) is 0 Å². The Morgan fingerprint density at radius 2 is 2.10 bits per heavy atom. The van der Waals surface area contributed by atoms with Crippen LogP contribution in [0.5, 0.6) is 5.88 Å². The van der Waals surface area contributed by atoms with E-state index in [9.17, 15) is 9.90 Å². The van der Waals surface area contributed by atoms with Crippen molar-refractivity contribution in [3.63, 3.8) is 0 Å². The molecule has 0 bridgehead atoms. The van der Waals surface area contributed by atoms with Crippen molar-refractivity contribution in [2.75, 3.05) is 6.54 Å². The highest BCUT2D eigenvalue weighted by Crippen LogP contribution is 2.33. The first-order valence-electron chi connectivity index (χ1n) is 9.58. The van der Waals surface area contributed by atoms with Crippen molar-refractivity contribution >= 4 is 5.91 Å². The first-order chi connectivity index (χ1) is 14.1. The van der Waals surface area contributed by atoms with Gasteiger partial charge in [0.15, 0.2) is 0 Å². The number of aliphatic hydroxyl groups is 1. The Kier molecular flexibility index (Phi) is 5.53. The molecule has 1 saturated heterocycles. The second-order valence-electron chi connectivity index (χ2n) is 6.91. The van der Waals surface area contributed by atoms with E-state index >= 15 is 0 Å². The standard InChI is InChI=1S/C21H22N4O4/c1-2-18-23-24-20(29-18)17-11-16(26)12-25(17)21(27)15-8-9-22-19(10-15)28-13-14-6-4-3-5-7-14/h3-10,16-17,26H,2,11-13H2,1H3/t16-,17-/m1/s1. The number of ether oxygens (including phenoxy) is 1. The monoisotopic (exact) mass is 394 g/mol. The van der Waals surface area contributed by atoms with Crippen LogP contribution < -0.4 is 4.74 Å². The molecule has 1 fully saturated rings. The number of hydrogen-bond acceptors (Lipinski definition) is 7. The maximum atomic E-state index is 13.1. The molecule has 3 heterocycles. The third kappa shape index (κ3) is 4.27. The fourth-order valence-corrected chi connectivity index (χ4v) is 3.34. The highest BCUT2D eigenvalue weighted by molar-refractivity contribution is 5.94. The number of aryl methyl sites for hydroxylation is 1. The number of pyridine rings is 1. The first-order valence-corrected chi connectivity index (χ1v) is 9.58. The van der Waals surface area contributed by atoms with Crippen LogP contribution in [0, 0.1) is 0 Å². The number of likely N-dealkylation sites (tertiary alicyclic amines) is 1. The molecule has 150 valence electrons. The minimum absolute atomic E-state index is 0.204. The lowest BCUT2D eigenvalue weighted by atomic mass is 10.2. The average Bonchev–Trinajstić information content (AvgIpc) is 3.39. The van der Waals surface area contributed by atoms with E-state index in [4.69, 9.17) is 9.15 Å². The second-order valence-corrected chi connectivity index (χ2v) is 6.91. The van der Waals surface area contributed by atoms with Crippen LogP contribution in [-0.2, 0) is 13.0 Å². The van der Waals surface area contributed by atoms with Gasteiger partial charge in [-0.1, -0.05) is 37.3 Å². The number of aromatic nitrogens is 3. The lowest BCUT2D eigenvalue weighted by Crippen LogP contribution is -2.32.